The van der Waals surface area contributed by atoms with E-state index in [1.54, 1.807) is 0 Å². The summed E-state index contributed by atoms with van der Waals surface area (Å²) in [5.41, 5.74) is 2.87. The summed E-state index contributed by atoms with van der Waals surface area (Å²) in [5, 5.41) is 2.72. The Morgan fingerprint density at radius 2 is 1.56 bits per heavy atom. The molecule has 2 aromatic carbocycles. The van der Waals surface area contributed by atoms with Gasteiger partial charge in [0, 0.05) is 18.6 Å². The Morgan fingerprint density at radius 3 is 2.40 bits per heavy atom. The number of fused-ring (bicyclic) bond motifs is 1. The van der Waals surface area contributed by atoms with Gasteiger partial charge in [-0.3, -0.25) is 0 Å². The lowest BCUT2D eigenvalue weighted by atomic mass is 10.00. The molecule has 0 amide bonds. The van der Waals surface area contributed by atoms with Gasteiger partial charge in [-0.2, -0.15) is 0 Å². The van der Waals surface area contributed by atoms with Crippen LogP contribution in [0.5, 0.6) is 0 Å². The van der Waals surface area contributed by atoms with Gasteiger partial charge in [0.1, 0.15) is 0 Å². The topological polar surface area (TPSA) is 3.88 Å². The average molecular weight is 335 g/mol. The summed E-state index contributed by atoms with van der Waals surface area (Å²) in [4.78, 5) is 0. The molecule has 0 unspecified atom stereocenters. The van der Waals surface area contributed by atoms with Crippen molar-refractivity contribution in [2.75, 3.05) is 27.7 Å². The summed E-state index contributed by atoms with van der Waals surface area (Å²) >= 11 is 0. The van der Waals surface area contributed by atoms with Gasteiger partial charge in [-0.05, 0) is 22.8 Å². The highest BCUT2D eigenvalue weighted by atomic mass is 15.3. The fraction of sp³-hybridized carbons (Fsp3) is 0.348. The zero-order valence-corrected chi connectivity index (χ0v) is 15.8. The standard InChI is InChI=1S/C23H30N2/c1-25(2,3)19-9-18-24-17-7-6-13-22(24)16-15-21-12-8-11-20-10-4-5-14-23(20)21/h4-8,10-14,17H,9,15-16,18-19H2,1-3H3/q+2. The van der Waals surface area contributed by atoms with Crippen LogP contribution in [0.2, 0.25) is 0 Å². The molecule has 3 rings (SSSR count). The van der Waals surface area contributed by atoms with Crippen molar-refractivity contribution in [1.29, 1.82) is 0 Å². The van der Waals surface area contributed by atoms with E-state index < -0.39 is 0 Å². The Morgan fingerprint density at radius 1 is 0.800 bits per heavy atom. The fourth-order valence-corrected chi connectivity index (χ4v) is 3.45. The zero-order chi connectivity index (χ0) is 17.7. The lowest BCUT2D eigenvalue weighted by molar-refractivity contribution is -0.873. The predicted octanol–water partition coefficient (Wildman–Crippen LogP) is 4.01. The molecule has 0 aliphatic rings. The second-order valence-electron chi connectivity index (χ2n) is 7.89. The first kappa shape index (κ1) is 17.6. The van der Waals surface area contributed by atoms with E-state index in [0.29, 0.717) is 0 Å². The van der Waals surface area contributed by atoms with Crippen LogP contribution in [0.1, 0.15) is 17.7 Å². The molecule has 0 fully saturated rings. The fourth-order valence-electron chi connectivity index (χ4n) is 3.45. The maximum absolute atomic E-state index is 2.43. The number of benzene rings is 2. The van der Waals surface area contributed by atoms with Crippen molar-refractivity contribution in [2.45, 2.75) is 25.8 Å². The van der Waals surface area contributed by atoms with Crippen molar-refractivity contribution in [3.05, 3.63) is 78.1 Å². The van der Waals surface area contributed by atoms with Gasteiger partial charge in [0.05, 0.1) is 34.1 Å². The van der Waals surface area contributed by atoms with Crippen LogP contribution in [-0.4, -0.2) is 32.2 Å². The van der Waals surface area contributed by atoms with Crippen LogP contribution < -0.4 is 4.57 Å². The van der Waals surface area contributed by atoms with E-state index in [1.807, 2.05) is 0 Å². The summed E-state index contributed by atoms with van der Waals surface area (Å²) < 4.78 is 3.46. The molecule has 3 aromatic rings. The number of hydrogen-bond acceptors (Lipinski definition) is 0. The molecule has 130 valence electrons. The Labute approximate surface area is 151 Å². The Bertz CT molecular complexity index is 825. The molecule has 2 heteroatoms. The Kier molecular flexibility index (Phi) is 5.50. The summed E-state index contributed by atoms with van der Waals surface area (Å²) in [7, 11) is 6.78. The quantitative estimate of drug-likeness (QED) is 0.454. The number of rotatable bonds is 7. The van der Waals surface area contributed by atoms with Crippen molar-refractivity contribution < 1.29 is 9.05 Å². The number of hydrogen-bond donors (Lipinski definition) is 0. The SMILES string of the molecule is C[N+](C)(C)CCC[n+]1ccccc1CCc1cccc2ccccc12. The molecule has 0 radical (unpaired) electrons. The average Bonchev–Trinajstić information content (AvgIpc) is 2.60. The van der Waals surface area contributed by atoms with Gasteiger partial charge in [0.15, 0.2) is 18.4 Å². The van der Waals surface area contributed by atoms with Gasteiger partial charge in [0.25, 0.3) is 0 Å². The maximum Gasteiger partial charge on any atom is 0.181 e. The van der Waals surface area contributed by atoms with Gasteiger partial charge < -0.3 is 4.48 Å². The van der Waals surface area contributed by atoms with Crippen LogP contribution in [0.4, 0.5) is 0 Å². The Hall–Kier alpha value is -2.19. The zero-order valence-electron chi connectivity index (χ0n) is 15.8. The van der Waals surface area contributed by atoms with Crippen LogP contribution in [0, 0.1) is 0 Å². The Balaban J connectivity index is 1.71. The van der Waals surface area contributed by atoms with Crippen LogP contribution in [0.25, 0.3) is 10.8 Å². The molecule has 25 heavy (non-hydrogen) atoms. The summed E-state index contributed by atoms with van der Waals surface area (Å²) in [5.74, 6) is 0. The van der Waals surface area contributed by atoms with Gasteiger partial charge in [-0.25, -0.2) is 4.57 Å². The third kappa shape index (κ3) is 4.90. The highest BCUT2D eigenvalue weighted by Gasteiger charge is 2.13. The van der Waals surface area contributed by atoms with Crippen LogP contribution in [-0.2, 0) is 19.4 Å². The van der Waals surface area contributed by atoms with Crippen LogP contribution in [0.3, 0.4) is 0 Å². The van der Waals surface area contributed by atoms with Crippen molar-refractivity contribution in [1.82, 2.24) is 0 Å². The molecule has 0 aliphatic heterocycles. The van der Waals surface area contributed by atoms with Gasteiger partial charge in [-0.15, -0.1) is 0 Å². The minimum Gasteiger partial charge on any atom is -0.331 e. The first-order valence-corrected chi connectivity index (χ1v) is 9.27. The molecule has 0 saturated heterocycles. The first-order chi connectivity index (χ1) is 12.0. The van der Waals surface area contributed by atoms with Gasteiger partial charge >= 0.3 is 0 Å². The summed E-state index contributed by atoms with van der Waals surface area (Å²) in [6.07, 6.45) is 5.60. The molecule has 0 saturated carbocycles. The maximum atomic E-state index is 2.43. The molecule has 0 bridgehead atoms. The lowest BCUT2D eigenvalue weighted by Gasteiger charge is -2.23. The second kappa shape index (κ2) is 7.79. The largest absolute Gasteiger partial charge is 0.331 e. The molecule has 0 spiro atoms. The van der Waals surface area contributed by atoms with Crippen LogP contribution in [0.15, 0.2) is 66.9 Å². The molecule has 0 atom stereocenters. The monoisotopic (exact) mass is 334 g/mol. The van der Waals surface area contributed by atoms with E-state index in [4.69, 9.17) is 0 Å². The third-order valence-corrected chi connectivity index (χ3v) is 4.79. The van der Waals surface area contributed by atoms with E-state index in [1.165, 1.54) is 35.0 Å². The van der Waals surface area contributed by atoms with E-state index in [2.05, 4.69) is 92.6 Å². The second-order valence-corrected chi connectivity index (χ2v) is 7.89. The summed E-state index contributed by atoms with van der Waals surface area (Å²) in [6.45, 7) is 2.30. The number of quaternary nitrogens is 1. The highest BCUT2D eigenvalue weighted by molar-refractivity contribution is 5.85. The van der Waals surface area contributed by atoms with Crippen molar-refractivity contribution >= 4 is 10.8 Å². The van der Waals surface area contributed by atoms with Crippen molar-refractivity contribution in [2.24, 2.45) is 0 Å². The number of aryl methyl sites for hydroxylation is 3. The number of aromatic nitrogens is 1. The van der Waals surface area contributed by atoms with Crippen molar-refractivity contribution in [3.63, 3.8) is 0 Å². The third-order valence-electron chi connectivity index (χ3n) is 4.79. The molecular formula is C23H30N2+2. The normalized spacial score (nSPS) is 11.8. The van der Waals surface area contributed by atoms with Crippen LogP contribution >= 0.6 is 0 Å². The molecule has 0 N–H and O–H groups in total. The molecular weight excluding hydrogens is 304 g/mol. The van der Waals surface area contributed by atoms with Gasteiger partial charge in [0.2, 0.25) is 0 Å². The first-order valence-electron chi connectivity index (χ1n) is 9.27. The van der Waals surface area contributed by atoms with Gasteiger partial charge in [-0.1, -0.05) is 48.5 Å². The number of nitrogens with zero attached hydrogens (tertiary/aromatic N) is 2. The van der Waals surface area contributed by atoms with E-state index in [0.717, 1.165) is 23.9 Å². The summed E-state index contributed by atoms with van der Waals surface area (Å²) in [6, 6.07) is 21.9. The molecule has 2 nitrogen and oxygen atoms in total. The van der Waals surface area contributed by atoms with Crippen molar-refractivity contribution in [3.8, 4) is 0 Å². The molecule has 0 aliphatic carbocycles. The number of pyridine rings is 1. The van der Waals surface area contributed by atoms with E-state index >= 15 is 0 Å². The lowest BCUT2D eigenvalue weighted by Crippen LogP contribution is -2.42. The van der Waals surface area contributed by atoms with E-state index in [-0.39, 0.29) is 0 Å². The van der Waals surface area contributed by atoms with E-state index in [9.17, 15) is 0 Å². The predicted molar refractivity (Wildman–Crippen MR) is 106 cm³/mol. The molecule has 1 heterocycles. The molecule has 1 aromatic heterocycles. The minimum atomic E-state index is 1.03. The smallest absolute Gasteiger partial charge is 0.181 e. The highest BCUT2D eigenvalue weighted by Crippen LogP contribution is 2.19. The minimum absolute atomic E-state index is 1.03.